The first-order chi connectivity index (χ1) is 9.88. The lowest BCUT2D eigenvalue weighted by atomic mass is 10.0. The van der Waals surface area contributed by atoms with Gasteiger partial charge in [0.25, 0.3) is 0 Å². The maximum Gasteiger partial charge on any atom is 0.232 e. The average molecular weight is 284 g/mol. The molecule has 3 heteroatoms. The lowest BCUT2D eigenvalue weighted by Gasteiger charge is -2.04. The number of aryl methyl sites for hydroxylation is 2. The summed E-state index contributed by atoms with van der Waals surface area (Å²) < 4.78 is 11.5. The summed E-state index contributed by atoms with van der Waals surface area (Å²) in [7, 11) is 2.06. The van der Waals surface area contributed by atoms with Crippen molar-refractivity contribution in [1.29, 1.82) is 0 Å². The van der Waals surface area contributed by atoms with Crippen molar-refractivity contribution in [2.24, 2.45) is 7.05 Å². The Balaban J connectivity index is 2.34. The molecule has 2 nitrogen and oxygen atoms in total. The van der Waals surface area contributed by atoms with Crippen LogP contribution in [0.4, 0.5) is 0 Å². The third-order valence-electron chi connectivity index (χ3n) is 3.51. The largest absolute Gasteiger partial charge is 0.240 e. The van der Waals surface area contributed by atoms with Gasteiger partial charge in [0.15, 0.2) is 6.20 Å². The van der Waals surface area contributed by atoms with Crippen LogP contribution in [-0.2, 0) is 7.05 Å². The van der Waals surface area contributed by atoms with Gasteiger partial charge in [-0.2, -0.15) is 4.57 Å². The third kappa shape index (κ3) is 2.12. The Labute approximate surface area is 125 Å². The van der Waals surface area contributed by atoms with E-state index in [1.54, 1.807) is 11.3 Å². The summed E-state index contributed by atoms with van der Waals surface area (Å²) in [5, 5.41) is 0.860. The molecule has 0 fully saturated rings. The predicted molar refractivity (Wildman–Crippen MR) is 85.1 cm³/mol. The fraction of sp³-hybridized carbons (Fsp3) is 0.294. The minimum Gasteiger partial charge on any atom is -0.240 e. The van der Waals surface area contributed by atoms with Crippen LogP contribution in [0.3, 0.4) is 0 Å². The molecule has 0 radical (unpaired) electrons. The van der Waals surface area contributed by atoms with E-state index in [-0.39, 0.29) is 0 Å². The van der Waals surface area contributed by atoms with Crippen molar-refractivity contribution in [3.63, 3.8) is 0 Å². The molecule has 20 heavy (non-hydrogen) atoms. The Morgan fingerprint density at radius 1 is 1.25 bits per heavy atom. The van der Waals surface area contributed by atoms with E-state index in [2.05, 4.69) is 47.8 Å². The Morgan fingerprint density at radius 2 is 2.00 bits per heavy atom. The van der Waals surface area contributed by atoms with E-state index in [1.807, 2.05) is 26.1 Å². The first kappa shape index (κ1) is 12.0. The van der Waals surface area contributed by atoms with E-state index in [1.165, 1.54) is 16.8 Å². The minimum atomic E-state index is -0.661. The van der Waals surface area contributed by atoms with E-state index in [0.29, 0.717) is 0 Å². The molecule has 2 heterocycles. The Hall–Kier alpha value is -1.74. The highest BCUT2D eigenvalue weighted by Gasteiger charge is 2.20. The van der Waals surface area contributed by atoms with Crippen LogP contribution in [0.15, 0.2) is 36.5 Å². The summed E-state index contributed by atoms with van der Waals surface area (Å²) in [4.78, 5) is 4.66. The molecule has 0 unspecified atom stereocenters. The Morgan fingerprint density at radius 3 is 2.70 bits per heavy atom. The van der Waals surface area contributed by atoms with Gasteiger partial charge in [0, 0.05) is 13.3 Å². The number of aromatic nitrogens is 2. The zero-order valence-corrected chi connectivity index (χ0v) is 13.1. The number of hydrogen-bond acceptors (Lipinski definition) is 2. The second kappa shape index (κ2) is 4.98. The number of rotatable bonds is 2. The van der Waals surface area contributed by atoms with Crippen LogP contribution in [0.2, 0.25) is 0 Å². The minimum absolute atomic E-state index is 0.661. The van der Waals surface area contributed by atoms with E-state index in [9.17, 15) is 0 Å². The standard InChI is InChI=1S/C17H19N2S/c1-11(2)17-18-14-9-10-19(4)15(16(14)20-17)13-8-6-5-7-12(13)3/h5-11H,1-4H3/q+1/i11D. The molecule has 0 saturated carbocycles. The Kier molecular flexibility index (Phi) is 3.00. The van der Waals surface area contributed by atoms with Crippen molar-refractivity contribution < 1.29 is 5.94 Å². The molecule has 0 aliphatic carbocycles. The van der Waals surface area contributed by atoms with Crippen molar-refractivity contribution in [2.45, 2.75) is 26.7 Å². The molecule has 0 atom stereocenters. The maximum absolute atomic E-state index is 8.22. The van der Waals surface area contributed by atoms with Gasteiger partial charge < -0.3 is 0 Å². The fourth-order valence-corrected chi connectivity index (χ4v) is 3.51. The molecule has 102 valence electrons. The van der Waals surface area contributed by atoms with E-state index >= 15 is 0 Å². The van der Waals surface area contributed by atoms with Crippen molar-refractivity contribution in [3.8, 4) is 11.3 Å². The van der Waals surface area contributed by atoms with Gasteiger partial charge in [-0.05, 0) is 18.6 Å². The molecule has 0 bridgehead atoms. The number of hydrogen-bond donors (Lipinski definition) is 0. The second-order valence-electron chi connectivity index (χ2n) is 5.32. The van der Waals surface area contributed by atoms with Gasteiger partial charge in [0.05, 0.1) is 16.1 Å². The quantitative estimate of drug-likeness (QED) is 0.644. The molecule has 0 amide bonds. The predicted octanol–water partition coefficient (Wildman–Crippen LogP) is 4.22. The summed E-state index contributed by atoms with van der Waals surface area (Å²) in [6.45, 7) is 5.90. The van der Waals surface area contributed by atoms with Gasteiger partial charge in [-0.15, -0.1) is 11.3 Å². The smallest absolute Gasteiger partial charge is 0.232 e. The molecular formula is C17H19N2S+. The molecule has 0 aliphatic heterocycles. The first-order valence-corrected chi connectivity index (χ1v) is 7.55. The maximum atomic E-state index is 8.22. The van der Waals surface area contributed by atoms with Crippen LogP contribution in [0.25, 0.3) is 21.5 Å². The molecular weight excluding hydrogens is 264 g/mol. The second-order valence-corrected chi connectivity index (χ2v) is 6.32. The molecule has 0 saturated heterocycles. The Bertz CT molecular complexity index is 815. The third-order valence-corrected chi connectivity index (χ3v) is 4.80. The van der Waals surface area contributed by atoms with Crippen molar-refractivity contribution in [2.75, 3.05) is 0 Å². The molecule has 1 aromatic carbocycles. The van der Waals surface area contributed by atoms with Crippen molar-refractivity contribution in [1.82, 2.24) is 4.98 Å². The van der Waals surface area contributed by atoms with Crippen molar-refractivity contribution >= 4 is 21.6 Å². The summed E-state index contributed by atoms with van der Waals surface area (Å²) >= 11 is 1.63. The number of fused-ring (bicyclic) bond motifs is 1. The average Bonchev–Trinajstić information content (AvgIpc) is 2.84. The lowest BCUT2D eigenvalue weighted by molar-refractivity contribution is -0.659. The molecule has 3 aromatic rings. The van der Waals surface area contributed by atoms with Gasteiger partial charge in [-0.3, -0.25) is 0 Å². The zero-order valence-electron chi connectivity index (χ0n) is 13.3. The van der Waals surface area contributed by atoms with Crippen LogP contribution < -0.4 is 4.57 Å². The topological polar surface area (TPSA) is 16.8 Å². The SMILES string of the molecule is [2H]C(C)(C)c1nc2cc[n+](C)c(-c3ccccc3C)c2s1. The van der Waals surface area contributed by atoms with Gasteiger partial charge >= 0.3 is 0 Å². The highest BCUT2D eigenvalue weighted by atomic mass is 32.1. The number of thiazole rings is 1. The highest BCUT2D eigenvalue weighted by molar-refractivity contribution is 7.19. The molecule has 3 rings (SSSR count). The number of benzene rings is 1. The van der Waals surface area contributed by atoms with E-state index < -0.39 is 5.89 Å². The summed E-state index contributed by atoms with van der Waals surface area (Å²) in [6, 6.07) is 10.4. The van der Waals surface area contributed by atoms with Gasteiger partial charge in [0.1, 0.15) is 11.7 Å². The number of pyridine rings is 1. The van der Waals surface area contributed by atoms with Gasteiger partial charge in [0.2, 0.25) is 5.69 Å². The summed E-state index contributed by atoms with van der Waals surface area (Å²) in [5.74, 6) is -0.661. The highest BCUT2D eigenvalue weighted by Crippen LogP contribution is 2.34. The molecule has 0 aliphatic rings. The monoisotopic (exact) mass is 284 g/mol. The molecule has 0 spiro atoms. The first-order valence-electron chi connectivity index (χ1n) is 7.23. The van der Waals surface area contributed by atoms with Gasteiger partial charge in [-0.1, -0.05) is 32.0 Å². The summed E-state index contributed by atoms with van der Waals surface area (Å²) in [5.41, 5.74) is 4.63. The van der Waals surface area contributed by atoms with Crippen LogP contribution >= 0.6 is 11.3 Å². The van der Waals surface area contributed by atoms with Gasteiger partial charge in [-0.25, -0.2) is 4.98 Å². The fourth-order valence-electron chi connectivity index (χ4n) is 2.40. The van der Waals surface area contributed by atoms with Crippen LogP contribution in [0.1, 0.15) is 31.7 Å². The van der Waals surface area contributed by atoms with Crippen LogP contribution in [0.5, 0.6) is 0 Å². The molecule has 2 aromatic heterocycles. The van der Waals surface area contributed by atoms with E-state index in [4.69, 9.17) is 1.37 Å². The van der Waals surface area contributed by atoms with Crippen LogP contribution in [-0.4, -0.2) is 4.98 Å². The number of nitrogens with zero attached hydrogens (tertiary/aromatic N) is 2. The van der Waals surface area contributed by atoms with Crippen LogP contribution in [0, 0.1) is 6.92 Å². The van der Waals surface area contributed by atoms with E-state index in [0.717, 1.165) is 15.2 Å². The zero-order chi connectivity index (χ0) is 15.2. The normalized spacial score (nSPS) is 12.7. The van der Waals surface area contributed by atoms with Crippen molar-refractivity contribution in [3.05, 3.63) is 47.1 Å². The lowest BCUT2D eigenvalue weighted by Crippen LogP contribution is -2.30. The summed E-state index contributed by atoms with van der Waals surface area (Å²) in [6.07, 6.45) is 2.05. The molecule has 0 N–H and O–H groups in total.